The maximum absolute atomic E-state index is 11.3. The maximum atomic E-state index is 11.3. The second-order valence-electron chi connectivity index (χ2n) is 7.50. The minimum Gasteiger partial charge on any atom is -0.481 e. The van der Waals surface area contributed by atoms with E-state index in [1.165, 1.54) is 6.33 Å². The molecule has 1 saturated carbocycles. The lowest BCUT2D eigenvalue weighted by Gasteiger charge is -2.24. The Labute approximate surface area is 170 Å². The highest BCUT2D eigenvalue weighted by atomic mass is 35.5. The summed E-state index contributed by atoms with van der Waals surface area (Å²) in [4.78, 5) is 23.7. The third kappa shape index (κ3) is 2.91. The van der Waals surface area contributed by atoms with Crippen molar-refractivity contribution in [2.24, 2.45) is 5.92 Å². The van der Waals surface area contributed by atoms with Crippen LogP contribution in [0.5, 0.6) is 0 Å². The van der Waals surface area contributed by atoms with E-state index in [1.807, 2.05) is 24.3 Å². The lowest BCUT2D eigenvalue weighted by atomic mass is 9.82. The first-order chi connectivity index (χ1) is 14.0. The summed E-state index contributed by atoms with van der Waals surface area (Å²) in [5.41, 5.74) is 9.14. The fraction of sp³-hybridized carbons (Fsp3) is 0.300. The molecular weight excluding hydrogens is 392 g/mol. The number of aliphatic carboxylic acids is 1. The predicted molar refractivity (Wildman–Crippen MR) is 110 cm³/mol. The molecule has 8 nitrogen and oxygen atoms in total. The van der Waals surface area contributed by atoms with E-state index in [1.54, 1.807) is 4.52 Å². The summed E-state index contributed by atoms with van der Waals surface area (Å²) in [5, 5.41) is 15.3. The second-order valence-corrected chi connectivity index (χ2v) is 7.91. The summed E-state index contributed by atoms with van der Waals surface area (Å²) in [6.45, 7) is 0. The monoisotopic (exact) mass is 410 g/mol. The van der Waals surface area contributed by atoms with Gasteiger partial charge < -0.3 is 15.8 Å². The van der Waals surface area contributed by atoms with Crippen molar-refractivity contribution in [3.8, 4) is 11.4 Å². The van der Waals surface area contributed by atoms with E-state index >= 15 is 0 Å². The first-order valence-electron chi connectivity index (χ1n) is 9.52. The molecule has 3 heterocycles. The minimum atomic E-state index is -0.723. The number of rotatable bonds is 3. The molecule has 148 valence electrons. The van der Waals surface area contributed by atoms with Crippen molar-refractivity contribution < 1.29 is 9.90 Å². The normalized spacial score (nSPS) is 19.8. The van der Waals surface area contributed by atoms with Gasteiger partial charge in [0.1, 0.15) is 23.4 Å². The zero-order valence-electron chi connectivity index (χ0n) is 15.5. The Morgan fingerprint density at radius 1 is 1.28 bits per heavy atom. The molecule has 29 heavy (non-hydrogen) atoms. The quantitative estimate of drug-likeness (QED) is 0.471. The molecule has 1 aliphatic rings. The summed E-state index contributed by atoms with van der Waals surface area (Å²) in [6, 6.07) is 7.70. The van der Waals surface area contributed by atoms with Gasteiger partial charge in [-0.05, 0) is 37.8 Å². The van der Waals surface area contributed by atoms with Crippen molar-refractivity contribution in [1.82, 2.24) is 24.6 Å². The molecule has 4 aromatic rings. The van der Waals surface area contributed by atoms with Gasteiger partial charge in [-0.2, -0.15) is 5.10 Å². The highest BCUT2D eigenvalue weighted by Crippen LogP contribution is 2.38. The van der Waals surface area contributed by atoms with Crippen molar-refractivity contribution >= 4 is 39.8 Å². The molecular formula is C20H19ClN6O2. The number of hydrogen-bond donors (Lipinski definition) is 3. The Morgan fingerprint density at radius 2 is 2.07 bits per heavy atom. The average molecular weight is 411 g/mol. The van der Waals surface area contributed by atoms with Crippen molar-refractivity contribution in [1.29, 1.82) is 0 Å². The molecule has 1 aromatic carbocycles. The minimum absolute atomic E-state index is 0.120. The number of para-hydroxylation sites is 1. The van der Waals surface area contributed by atoms with Gasteiger partial charge in [0, 0.05) is 11.3 Å². The fourth-order valence-corrected chi connectivity index (χ4v) is 4.50. The van der Waals surface area contributed by atoms with E-state index < -0.39 is 5.97 Å². The molecule has 0 spiro atoms. The molecule has 4 N–H and O–H groups in total. The number of nitrogen functional groups attached to an aromatic ring is 1. The van der Waals surface area contributed by atoms with Gasteiger partial charge in [-0.15, -0.1) is 0 Å². The van der Waals surface area contributed by atoms with E-state index in [0.717, 1.165) is 35.3 Å². The van der Waals surface area contributed by atoms with Crippen LogP contribution in [-0.2, 0) is 4.79 Å². The Balaban J connectivity index is 1.63. The number of halogens is 1. The SMILES string of the molecule is Nc1ncnn2c1c(-c1cc3cccc(Cl)c3[nH]1)nc2[C@H]1CC[C@H](C(=O)O)CC1. The van der Waals surface area contributed by atoms with Gasteiger partial charge in [0.25, 0.3) is 0 Å². The van der Waals surface area contributed by atoms with Crippen LogP contribution < -0.4 is 5.73 Å². The summed E-state index contributed by atoms with van der Waals surface area (Å²) < 4.78 is 1.75. The Hall–Kier alpha value is -3.13. The average Bonchev–Trinajstić information content (AvgIpc) is 3.31. The number of nitrogens with one attached hydrogen (secondary N) is 1. The molecule has 0 bridgehead atoms. The van der Waals surface area contributed by atoms with E-state index in [9.17, 15) is 9.90 Å². The molecule has 3 aromatic heterocycles. The highest BCUT2D eigenvalue weighted by molar-refractivity contribution is 6.35. The number of nitrogens with zero attached hydrogens (tertiary/aromatic N) is 4. The molecule has 1 aliphatic carbocycles. The van der Waals surface area contributed by atoms with E-state index in [0.29, 0.717) is 34.9 Å². The van der Waals surface area contributed by atoms with Gasteiger partial charge in [0.2, 0.25) is 0 Å². The van der Waals surface area contributed by atoms with E-state index in [-0.39, 0.29) is 11.8 Å². The van der Waals surface area contributed by atoms with Crippen molar-refractivity contribution in [3.05, 3.63) is 41.4 Å². The largest absolute Gasteiger partial charge is 0.481 e. The van der Waals surface area contributed by atoms with Crippen molar-refractivity contribution in [2.45, 2.75) is 31.6 Å². The molecule has 0 unspecified atom stereocenters. The molecule has 5 rings (SSSR count). The predicted octanol–water partition coefficient (Wildman–Crippen LogP) is 3.87. The van der Waals surface area contributed by atoms with Gasteiger partial charge in [-0.3, -0.25) is 4.79 Å². The smallest absolute Gasteiger partial charge is 0.306 e. The zero-order chi connectivity index (χ0) is 20.1. The lowest BCUT2D eigenvalue weighted by molar-refractivity contribution is -0.142. The molecule has 0 radical (unpaired) electrons. The maximum Gasteiger partial charge on any atom is 0.306 e. The van der Waals surface area contributed by atoms with Crippen LogP contribution in [0.2, 0.25) is 5.02 Å². The van der Waals surface area contributed by atoms with Gasteiger partial charge in [-0.25, -0.2) is 14.5 Å². The van der Waals surface area contributed by atoms with Gasteiger partial charge in [-0.1, -0.05) is 23.7 Å². The van der Waals surface area contributed by atoms with Crippen LogP contribution in [0.15, 0.2) is 30.6 Å². The van der Waals surface area contributed by atoms with Crippen LogP contribution in [0.3, 0.4) is 0 Å². The summed E-state index contributed by atoms with van der Waals surface area (Å²) in [7, 11) is 0. The number of hydrogen-bond acceptors (Lipinski definition) is 5. The van der Waals surface area contributed by atoms with Gasteiger partial charge in [0.05, 0.1) is 22.2 Å². The Kier molecular flexibility index (Phi) is 4.16. The van der Waals surface area contributed by atoms with Crippen LogP contribution in [0.4, 0.5) is 5.82 Å². The number of benzene rings is 1. The van der Waals surface area contributed by atoms with Crippen LogP contribution >= 0.6 is 11.6 Å². The van der Waals surface area contributed by atoms with E-state index in [2.05, 4.69) is 15.1 Å². The van der Waals surface area contributed by atoms with Gasteiger partial charge in [0.15, 0.2) is 5.82 Å². The standard InChI is InChI=1S/C20H19ClN6O2/c21-13-3-1-2-12-8-14(25-15(12)13)16-17-18(22)23-9-24-27(17)19(26-16)10-4-6-11(7-5-10)20(28)29/h1-3,8-11,25H,4-7H2,(H,28,29)(H2,22,23,24)/t10-,11-. The molecule has 9 heteroatoms. The topological polar surface area (TPSA) is 122 Å². The number of carboxylic acid groups (broad SMARTS) is 1. The molecule has 0 saturated heterocycles. The fourth-order valence-electron chi connectivity index (χ4n) is 4.27. The summed E-state index contributed by atoms with van der Waals surface area (Å²) >= 11 is 6.32. The number of imidazole rings is 1. The third-order valence-electron chi connectivity index (χ3n) is 5.79. The van der Waals surface area contributed by atoms with Crippen molar-refractivity contribution in [2.75, 3.05) is 5.73 Å². The number of anilines is 1. The Morgan fingerprint density at radius 3 is 2.79 bits per heavy atom. The van der Waals surface area contributed by atoms with Crippen molar-refractivity contribution in [3.63, 3.8) is 0 Å². The summed E-state index contributed by atoms with van der Waals surface area (Å²) in [5.74, 6) is 0.246. The van der Waals surface area contributed by atoms with Crippen LogP contribution in [0, 0.1) is 5.92 Å². The van der Waals surface area contributed by atoms with E-state index in [4.69, 9.17) is 22.3 Å². The van der Waals surface area contributed by atoms with Crippen LogP contribution in [0.1, 0.15) is 37.4 Å². The number of aromatic amines is 1. The molecule has 0 atom stereocenters. The first-order valence-corrected chi connectivity index (χ1v) is 9.90. The number of nitrogens with two attached hydrogens (primary N) is 1. The molecule has 0 aliphatic heterocycles. The second kappa shape index (κ2) is 6.73. The number of carbonyl (C=O) groups is 1. The summed E-state index contributed by atoms with van der Waals surface area (Å²) in [6.07, 6.45) is 4.18. The number of H-pyrrole nitrogens is 1. The number of aromatic nitrogens is 5. The molecule has 1 fully saturated rings. The van der Waals surface area contributed by atoms with Crippen LogP contribution in [-0.4, -0.2) is 35.6 Å². The number of fused-ring (bicyclic) bond motifs is 2. The van der Waals surface area contributed by atoms with Crippen LogP contribution in [0.25, 0.3) is 27.8 Å². The molecule has 0 amide bonds. The van der Waals surface area contributed by atoms with Gasteiger partial charge >= 0.3 is 5.97 Å². The zero-order valence-corrected chi connectivity index (χ0v) is 16.2. The lowest BCUT2D eigenvalue weighted by Crippen LogP contribution is -2.21. The first kappa shape index (κ1) is 17.9. The number of carboxylic acids is 1. The highest BCUT2D eigenvalue weighted by Gasteiger charge is 2.31. The third-order valence-corrected chi connectivity index (χ3v) is 6.10. The Bertz CT molecular complexity index is 1240.